The molecule has 1 heterocycles. The highest BCUT2D eigenvalue weighted by Crippen LogP contribution is 2.64. The van der Waals surface area contributed by atoms with Crippen LogP contribution in [-0.4, -0.2) is 28.4 Å². The highest BCUT2D eigenvalue weighted by molar-refractivity contribution is 7.15. The minimum absolute atomic E-state index is 0.00476. The molecule has 0 amide bonds. The van der Waals surface area contributed by atoms with Crippen LogP contribution in [0, 0.1) is 46.3 Å². The van der Waals surface area contributed by atoms with Crippen LogP contribution in [0.25, 0.3) is 0 Å². The smallest absolute Gasteiger partial charge is 0.180 e. The van der Waals surface area contributed by atoms with Crippen molar-refractivity contribution in [2.75, 3.05) is 18.9 Å². The molecule has 0 radical (unpaired) electrons. The van der Waals surface area contributed by atoms with Crippen molar-refractivity contribution < 1.29 is 10.2 Å². The van der Waals surface area contributed by atoms with Crippen LogP contribution in [0.3, 0.4) is 0 Å². The predicted molar refractivity (Wildman–Crippen MR) is 134 cm³/mol. The first-order valence-corrected chi connectivity index (χ1v) is 14.0. The Hall–Kier alpha value is -0.650. The van der Waals surface area contributed by atoms with Gasteiger partial charge in [0.2, 0.25) is 0 Å². The maximum atomic E-state index is 10.7. The van der Waals surface area contributed by atoms with Crippen LogP contribution in [0.5, 0.6) is 0 Å². The Kier molecular flexibility index (Phi) is 7.30. The Bertz CT molecular complexity index is 780. The van der Waals surface area contributed by atoms with Gasteiger partial charge in [-0.15, -0.1) is 11.3 Å². The number of aliphatic hydroxyl groups is 2. The second-order valence-electron chi connectivity index (χ2n) is 12.2. The molecule has 0 saturated heterocycles. The quantitative estimate of drug-likeness (QED) is 0.433. The fraction of sp³-hybridized carbons (Fsp3) is 0.889. The Morgan fingerprint density at radius 2 is 1.78 bits per heavy atom. The average Bonchev–Trinajstić information content (AvgIpc) is 3.27. The van der Waals surface area contributed by atoms with Gasteiger partial charge < -0.3 is 15.9 Å². The lowest BCUT2D eigenvalue weighted by Crippen LogP contribution is -2.52. The third-order valence-corrected chi connectivity index (χ3v) is 11.1. The molecule has 4 nitrogen and oxygen atoms in total. The van der Waals surface area contributed by atoms with Gasteiger partial charge in [-0.2, -0.15) is 0 Å². The molecule has 4 N–H and O–H groups in total. The molecule has 5 heteroatoms. The standard InChI is InChI=1S/C27H46N2O2S/c1-17(2)7-5-6-8-18-9-10-21-20(16-31)22(11-12-26(18,21)3)27(4)14-24-23(13-19(27)15-30)29-25(28)32-24/h17-22,30-31H,5-16H2,1-4H3,(H2,28,29)/t18-,19+,20-,21-,22-,26+,27-/m0/s1. The van der Waals surface area contributed by atoms with Gasteiger partial charge in [-0.3, -0.25) is 0 Å². The highest BCUT2D eigenvalue weighted by atomic mass is 32.1. The van der Waals surface area contributed by atoms with Gasteiger partial charge in [0.05, 0.1) is 5.69 Å². The first-order chi connectivity index (χ1) is 15.2. The number of hydrogen-bond donors (Lipinski definition) is 3. The van der Waals surface area contributed by atoms with Crippen molar-refractivity contribution in [1.29, 1.82) is 0 Å². The summed E-state index contributed by atoms with van der Waals surface area (Å²) in [6.07, 6.45) is 12.3. The highest BCUT2D eigenvalue weighted by Gasteiger charge is 2.58. The fourth-order valence-corrected chi connectivity index (χ4v) is 9.29. The summed E-state index contributed by atoms with van der Waals surface area (Å²) in [5.74, 6) is 3.24. The normalized spacial score (nSPS) is 39.3. The lowest BCUT2D eigenvalue weighted by Gasteiger charge is -2.56. The molecule has 3 aliphatic rings. The van der Waals surface area contributed by atoms with Gasteiger partial charge in [0.1, 0.15) is 0 Å². The second-order valence-corrected chi connectivity index (χ2v) is 13.4. The molecule has 4 rings (SSSR count). The number of nitrogen functional groups attached to an aromatic ring is 1. The van der Waals surface area contributed by atoms with Gasteiger partial charge in [0.15, 0.2) is 5.13 Å². The maximum absolute atomic E-state index is 10.7. The number of nitrogens with two attached hydrogens (primary N) is 1. The summed E-state index contributed by atoms with van der Waals surface area (Å²) in [5, 5.41) is 21.7. The molecule has 32 heavy (non-hydrogen) atoms. The van der Waals surface area contributed by atoms with E-state index in [4.69, 9.17) is 5.73 Å². The van der Waals surface area contributed by atoms with Gasteiger partial charge in [-0.25, -0.2) is 4.98 Å². The van der Waals surface area contributed by atoms with Gasteiger partial charge in [-0.1, -0.05) is 47.0 Å². The lowest BCUT2D eigenvalue weighted by molar-refractivity contribution is -0.0897. The van der Waals surface area contributed by atoms with E-state index in [1.165, 1.54) is 56.2 Å². The molecule has 0 unspecified atom stereocenters. The Labute approximate surface area is 199 Å². The molecular formula is C27H46N2O2S. The average molecular weight is 463 g/mol. The van der Waals surface area contributed by atoms with Crippen LogP contribution < -0.4 is 5.73 Å². The van der Waals surface area contributed by atoms with Crippen molar-refractivity contribution in [3.8, 4) is 0 Å². The molecule has 1 aromatic rings. The Morgan fingerprint density at radius 3 is 2.47 bits per heavy atom. The minimum Gasteiger partial charge on any atom is -0.396 e. The van der Waals surface area contributed by atoms with Crippen molar-refractivity contribution >= 4 is 16.5 Å². The molecule has 3 aliphatic carbocycles. The SMILES string of the molecule is CC(C)CCCC[C@H]1CC[C@H]2[C@H](CO)[C@@H]([C@@]3(C)Cc4sc(N)nc4C[C@@H]3CO)CC[C@]12C. The first kappa shape index (κ1) is 24.5. The van der Waals surface area contributed by atoms with Gasteiger partial charge in [-0.05, 0) is 91.3 Å². The third-order valence-electron chi connectivity index (χ3n) is 10.2. The molecule has 0 aromatic carbocycles. The van der Waals surface area contributed by atoms with Crippen LogP contribution in [-0.2, 0) is 12.8 Å². The number of thiazole rings is 1. The Morgan fingerprint density at radius 1 is 1.03 bits per heavy atom. The molecule has 0 spiro atoms. The fourth-order valence-electron chi connectivity index (χ4n) is 8.25. The summed E-state index contributed by atoms with van der Waals surface area (Å²) in [7, 11) is 0. The second kappa shape index (κ2) is 9.54. The Balaban J connectivity index is 1.52. The molecule has 2 fully saturated rings. The van der Waals surface area contributed by atoms with E-state index in [1.807, 2.05) is 0 Å². The molecule has 0 aliphatic heterocycles. The summed E-state index contributed by atoms with van der Waals surface area (Å²) >= 11 is 1.63. The van der Waals surface area contributed by atoms with Crippen LogP contribution in [0.2, 0.25) is 0 Å². The zero-order valence-electron chi connectivity index (χ0n) is 20.8. The van der Waals surface area contributed by atoms with Crippen molar-refractivity contribution in [3.05, 3.63) is 10.6 Å². The summed E-state index contributed by atoms with van der Waals surface area (Å²) in [4.78, 5) is 5.87. The summed E-state index contributed by atoms with van der Waals surface area (Å²) in [5.41, 5.74) is 7.53. The van der Waals surface area contributed by atoms with E-state index < -0.39 is 0 Å². The van der Waals surface area contributed by atoms with E-state index in [9.17, 15) is 10.2 Å². The predicted octanol–water partition coefficient (Wildman–Crippen LogP) is 5.71. The lowest BCUT2D eigenvalue weighted by atomic mass is 9.49. The zero-order valence-corrected chi connectivity index (χ0v) is 21.6. The van der Waals surface area contributed by atoms with Crippen LogP contribution in [0.15, 0.2) is 0 Å². The first-order valence-electron chi connectivity index (χ1n) is 13.2. The van der Waals surface area contributed by atoms with Gasteiger partial charge >= 0.3 is 0 Å². The molecule has 7 atom stereocenters. The summed E-state index contributed by atoms with van der Waals surface area (Å²) in [6, 6.07) is 0. The number of anilines is 1. The van der Waals surface area contributed by atoms with Gasteiger partial charge in [0, 0.05) is 18.1 Å². The van der Waals surface area contributed by atoms with Crippen LogP contribution in [0.1, 0.15) is 89.6 Å². The minimum atomic E-state index is 0.00476. The van der Waals surface area contributed by atoms with E-state index in [2.05, 4.69) is 32.7 Å². The largest absolute Gasteiger partial charge is 0.396 e. The monoisotopic (exact) mass is 462 g/mol. The summed E-state index contributed by atoms with van der Waals surface area (Å²) < 4.78 is 0. The number of aromatic nitrogens is 1. The number of unbranched alkanes of at least 4 members (excludes halogenated alkanes) is 1. The van der Waals surface area contributed by atoms with Crippen molar-refractivity contribution in [2.24, 2.45) is 46.3 Å². The van der Waals surface area contributed by atoms with E-state index >= 15 is 0 Å². The van der Waals surface area contributed by atoms with Crippen molar-refractivity contribution in [1.82, 2.24) is 4.98 Å². The van der Waals surface area contributed by atoms with E-state index in [-0.39, 0.29) is 24.5 Å². The number of aliphatic hydroxyl groups excluding tert-OH is 2. The topological polar surface area (TPSA) is 79.4 Å². The van der Waals surface area contributed by atoms with E-state index in [0.29, 0.717) is 28.3 Å². The van der Waals surface area contributed by atoms with Gasteiger partial charge in [0.25, 0.3) is 0 Å². The number of nitrogens with zero attached hydrogens (tertiary/aromatic N) is 1. The molecular weight excluding hydrogens is 416 g/mol. The molecule has 1 aromatic heterocycles. The third kappa shape index (κ3) is 4.27. The number of fused-ring (bicyclic) bond motifs is 2. The number of hydrogen-bond acceptors (Lipinski definition) is 5. The molecule has 0 bridgehead atoms. The summed E-state index contributed by atoms with van der Waals surface area (Å²) in [6.45, 7) is 10.1. The van der Waals surface area contributed by atoms with Crippen molar-refractivity contribution in [3.63, 3.8) is 0 Å². The van der Waals surface area contributed by atoms with Crippen LogP contribution >= 0.6 is 11.3 Å². The zero-order chi connectivity index (χ0) is 23.1. The van der Waals surface area contributed by atoms with E-state index in [0.717, 1.165) is 30.4 Å². The molecule has 182 valence electrons. The van der Waals surface area contributed by atoms with Crippen LogP contribution in [0.4, 0.5) is 5.13 Å². The number of rotatable bonds is 8. The maximum Gasteiger partial charge on any atom is 0.180 e. The van der Waals surface area contributed by atoms with E-state index in [1.54, 1.807) is 11.3 Å². The molecule has 2 saturated carbocycles. The van der Waals surface area contributed by atoms with Crippen molar-refractivity contribution in [2.45, 2.75) is 91.9 Å².